The summed E-state index contributed by atoms with van der Waals surface area (Å²) in [5, 5.41) is 16.9. The van der Waals surface area contributed by atoms with Gasteiger partial charge in [0.15, 0.2) is 0 Å². The van der Waals surface area contributed by atoms with Crippen molar-refractivity contribution in [2.75, 3.05) is 13.2 Å². The number of ether oxygens (including phenoxy) is 1. The molecule has 19 nitrogen and oxygen atoms in total. The van der Waals surface area contributed by atoms with Crippen LogP contribution in [0.2, 0.25) is 0 Å². The second-order valence-corrected chi connectivity index (χ2v) is 10.9. The number of hydrogen-bond donors (Lipinski definition) is 0. The molecule has 0 spiro atoms. The van der Waals surface area contributed by atoms with E-state index >= 15 is 0 Å². The van der Waals surface area contributed by atoms with Crippen molar-refractivity contribution in [2.45, 2.75) is 13.8 Å². The van der Waals surface area contributed by atoms with Crippen molar-refractivity contribution < 1.29 is 56.8 Å². The third-order valence-corrected chi connectivity index (χ3v) is 6.52. The summed E-state index contributed by atoms with van der Waals surface area (Å²) in [6.07, 6.45) is 13.7. The Labute approximate surface area is 416 Å². The van der Waals surface area contributed by atoms with Crippen LogP contribution in [0, 0.1) is 0 Å². The summed E-state index contributed by atoms with van der Waals surface area (Å²) in [6.45, 7) is 5.67. The van der Waals surface area contributed by atoms with Gasteiger partial charge in [-0.05, 0) is 112 Å². The Balaban J connectivity index is 0. The van der Waals surface area contributed by atoms with E-state index in [1.165, 1.54) is 9.82 Å². The van der Waals surface area contributed by atoms with Crippen LogP contribution in [0.25, 0.3) is 53.2 Å². The maximum absolute atomic E-state index is 6.75. The zero-order valence-electron chi connectivity index (χ0n) is 35.6. The fraction of sp³-hybridized carbons (Fsp3) is 0.0909. The number of nitrogens with zero attached hydrogens (tertiary/aromatic N) is 18. The zero-order chi connectivity index (χ0) is 45.3. The van der Waals surface area contributed by atoms with E-state index in [-0.39, 0.29) is 52.1 Å². The Kier molecular flexibility index (Phi) is 39.4. The summed E-state index contributed by atoms with van der Waals surface area (Å²) < 4.78 is 4.83. The summed E-state index contributed by atoms with van der Waals surface area (Å²) in [5.74, 6) is 5.45. The first-order valence-corrected chi connectivity index (χ1v) is 18.7. The van der Waals surface area contributed by atoms with Gasteiger partial charge in [0.2, 0.25) is 0 Å². The fourth-order valence-corrected chi connectivity index (χ4v) is 4.03. The summed E-state index contributed by atoms with van der Waals surface area (Å²) in [7, 11) is 0. The van der Waals surface area contributed by atoms with Crippen LogP contribution in [0.4, 0.5) is 46.5 Å². The van der Waals surface area contributed by atoms with Crippen molar-refractivity contribution >= 4 is 46.5 Å². The molecule has 0 aliphatic carbocycles. The molecule has 8 rings (SSSR count). The van der Waals surface area contributed by atoms with Crippen molar-refractivity contribution in [1.29, 1.82) is 0 Å². The quantitative estimate of drug-likeness (QED) is 0.0714. The average molecular weight is 995 g/mol. The van der Waals surface area contributed by atoms with Crippen molar-refractivity contribution in [3.8, 4) is 0 Å². The SMILES string of the molecule is CCOCC.[Cr+2].[Cr+2].[Cr+2].[N-]=[N+]=[N-].[N-]=[N+]=[N-].c1ccc([N-]c2ccccn2)nc1.c1ccc([N-]c2ccccn2)nc1.c1ccc([N-]c2ccccn2)nc1.c1ccc([N-]c2ccccn2)nc1. The molecule has 8 aromatic heterocycles. The molecule has 8 heterocycles. The molecule has 0 fully saturated rings. The van der Waals surface area contributed by atoms with E-state index in [9.17, 15) is 0 Å². The molecule has 0 saturated carbocycles. The Morgan fingerprint density at radius 2 is 0.455 bits per heavy atom. The summed E-state index contributed by atoms with van der Waals surface area (Å²) in [6, 6.07) is 44.8. The molecule has 0 radical (unpaired) electrons. The Hall–Kier alpha value is -7.42. The van der Waals surface area contributed by atoms with Crippen molar-refractivity contribution in [3.63, 3.8) is 0 Å². The van der Waals surface area contributed by atoms with Crippen LogP contribution in [-0.2, 0) is 56.8 Å². The second kappa shape index (κ2) is 42.9. The van der Waals surface area contributed by atoms with E-state index in [0.717, 1.165) is 13.2 Å². The van der Waals surface area contributed by atoms with E-state index in [1.807, 2.05) is 159 Å². The molecule has 0 N–H and O–H groups in total. The molecule has 0 saturated heterocycles. The van der Waals surface area contributed by atoms with Gasteiger partial charge < -0.3 is 88.0 Å². The molecular weight excluding hydrogens is 953 g/mol. The predicted octanol–water partition coefficient (Wildman–Crippen LogP) is 14.0. The van der Waals surface area contributed by atoms with Gasteiger partial charge in [0.25, 0.3) is 0 Å². The van der Waals surface area contributed by atoms with Gasteiger partial charge in [0.1, 0.15) is 0 Å². The third kappa shape index (κ3) is 31.4. The van der Waals surface area contributed by atoms with Crippen LogP contribution in [0.15, 0.2) is 195 Å². The zero-order valence-corrected chi connectivity index (χ0v) is 39.4. The Morgan fingerprint density at radius 1 is 0.318 bits per heavy atom. The van der Waals surface area contributed by atoms with Gasteiger partial charge in [0.05, 0.1) is 0 Å². The van der Waals surface area contributed by atoms with Gasteiger partial charge in [-0.3, -0.25) is 9.82 Å². The van der Waals surface area contributed by atoms with E-state index in [2.05, 4.69) is 61.1 Å². The van der Waals surface area contributed by atoms with Gasteiger partial charge in [-0.2, -0.15) is 0 Å². The van der Waals surface area contributed by atoms with Crippen LogP contribution >= 0.6 is 0 Å². The molecule has 8 aromatic rings. The first kappa shape index (κ1) is 60.7. The molecule has 332 valence electrons. The van der Waals surface area contributed by atoms with Gasteiger partial charge >= 0.3 is 52.1 Å². The topological polar surface area (TPSA) is 286 Å². The predicted molar refractivity (Wildman–Crippen MR) is 247 cm³/mol. The molecule has 0 aromatic carbocycles. The van der Waals surface area contributed by atoms with Crippen LogP contribution in [0.1, 0.15) is 13.8 Å². The number of hydrogen-bond acceptors (Lipinski definition) is 9. The van der Waals surface area contributed by atoms with Crippen molar-refractivity contribution in [3.05, 3.63) is 248 Å². The molecule has 0 unspecified atom stereocenters. The van der Waals surface area contributed by atoms with Crippen LogP contribution < -0.4 is 0 Å². The monoisotopic (exact) mass is 994 g/mol. The van der Waals surface area contributed by atoms with Crippen LogP contribution in [0.3, 0.4) is 0 Å². The summed E-state index contributed by atoms with van der Waals surface area (Å²) >= 11 is 0. The van der Waals surface area contributed by atoms with E-state index in [4.69, 9.17) is 26.9 Å². The average Bonchev–Trinajstić information content (AvgIpc) is 3.33. The first-order valence-electron chi connectivity index (χ1n) is 18.7. The van der Waals surface area contributed by atoms with Crippen molar-refractivity contribution in [1.82, 2.24) is 39.9 Å². The molecule has 66 heavy (non-hydrogen) atoms. The minimum absolute atomic E-state index is 0. The third-order valence-electron chi connectivity index (χ3n) is 6.52. The molecular formula is C44H42Cr3N18O. The van der Waals surface area contributed by atoms with Gasteiger partial charge in [-0.15, -0.1) is 0 Å². The summed E-state index contributed by atoms with van der Waals surface area (Å²) in [4.78, 5) is 35.5. The number of rotatable bonds is 10. The number of aromatic nitrogens is 8. The number of pyridine rings is 8. The Bertz CT molecular complexity index is 1860. The standard InChI is InChI=1S/4C10H8N3.C4H10O.3Cr.2N3/c4*1-3-7-11-9(5-1)13-10-6-2-4-8-12-10;1-3-5-4-2;;;;2*1-3-2/h4*1-8H;3-4H2,1-2H3;;;;;/q4*-1;;3*+2;2*-1. The van der Waals surface area contributed by atoms with Gasteiger partial charge in [0, 0.05) is 59.8 Å². The molecule has 0 atom stereocenters. The molecule has 0 aliphatic heterocycles. The molecule has 22 heteroatoms. The van der Waals surface area contributed by atoms with Crippen molar-refractivity contribution in [2.24, 2.45) is 0 Å². The fourth-order valence-electron chi connectivity index (χ4n) is 4.03. The second-order valence-electron chi connectivity index (χ2n) is 10.9. The van der Waals surface area contributed by atoms with Crippen LogP contribution in [0.5, 0.6) is 0 Å². The van der Waals surface area contributed by atoms with Gasteiger partial charge in [-0.1, -0.05) is 97.1 Å². The minimum Gasteiger partial charge on any atom is -0.382 e. The maximum atomic E-state index is 6.75. The molecule has 0 bridgehead atoms. The largest absolute Gasteiger partial charge is 2.00 e. The Morgan fingerprint density at radius 3 is 0.530 bits per heavy atom. The smallest absolute Gasteiger partial charge is 0.382 e. The van der Waals surface area contributed by atoms with E-state index < -0.39 is 0 Å². The molecule has 0 amide bonds. The van der Waals surface area contributed by atoms with Crippen LogP contribution in [-0.4, -0.2) is 53.1 Å². The first-order chi connectivity index (χ1) is 31.0. The van der Waals surface area contributed by atoms with Gasteiger partial charge in [-0.25, -0.2) is 0 Å². The molecule has 0 aliphatic rings. The summed E-state index contributed by atoms with van der Waals surface area (Å²) in [5.41, 5.74) is 27.0. The van der Waals surface area contributed by atoms with E-state index in [1.54, 1.807) is 49.6 Å². The van der Waals surface area contributed by atoms with E-state index in [0.29, 0.717) is 46.5 Å². The maximum Gasteiger partial charge on any atom is 2.00 e. The normalized spacial score (nSPS) is 8.39. The minimum atomic E-state index is 0.